The van der Waals surface area contributed by atoms with Gasteiger partial charge in [-0.1, -0.05) is 25.1 Å². The van der Waals surface area contributed by atoms with Crippen LogP contribution in [0.3, 0.4) is 0 Å². The summed E-state index contributed by atoms with van der Waals surface area (Å²) in [6.07, 6.45) is 2.54. The molecular formula is C15H18FN3. The standard InChI is InChI=1S/C15H18FN3/c1-4-8-19-13(5-2)18-14(15(19)17)11-7-6-10(3)12(16)9-11/h4,6-7,9H,1,5,8,17H2,2-3H3. The van der Waals surface area contributed by atoms with E-state index in [-0.39, 0.29) is 5.82 Å². The van der Waals surface area contributed by atoms with Gasteiger partial charge in [0.05, 0.1) is 0 Å². The molecule has 0 amide bonds. The molecule has 0 aliphatic carbocycles. The smallest absolute Gasteiger partial charge is 0.132 e. The van der Waals surface area contributed by atoms with Gasteiger partial charge in [-0.2, -0.15) is 0 Å². The summed E-state index contributed by atoms with van der Waals surface area (Å²) in [5.74, 6) is 1.20. The molecule has 2 rings (SSSR count). The van der Waals surface area contributed by atoms with E-state index in [9.17, 15) is 4.39 Å². The topological polar surface area (TPSA) is 43.8 Å². The zero-order valence-electron chi connectivity index (χ0n) is 11.3. The number of aromatic nitrogens is 2. The molecule has 0 aliphatic rings. The van der Waals surface area contributed by atoms with E-state index in [4.69, 9.17) is 5.73 Å². The summed E-state index contributed by atoms with van der Waals surface area (Å²) in [5, 5.41) is 0. The zero-order chi connectivity index (χ0) is 14.0. The Balaban J connectivity index is 2.55. The molecule has 1 heterocycles. The van der Waals surface area contributed by atoms with Crippen LogP contribution >= 0.6 is 0 Å². The third-order valence-electron chi connectivity index (χ3n) is 3.16. The highest BCUT2D eigenvalue weighted by Gasteiger charge is 2.15. The second-order valence-electron chi connectivity index (χ2n) is 4.48. The summed E-state index contributed by atoms with van der Waals surface area (Å²) in [4.78, 5) is 4.51. The van der Waals surface area contributed by atoms with Crippen LogP contribution in [0.25, 0.3) is 11.3 Å². The maximum absolute atomic E-state index is 13.6. The Bertz CT molecular complexity index is 614. The molecule has 0 unspecified atom stereocenters. The number of hydrogen-bond acceptors (Lipinski definition) is 2. The number of rotatable bonds is 4. The molecule has 2 N–H and O–H groups in total. The highest BCUT2D eigenvalue weighted by molar-refractivity contribution is 5.71. The van der Waals surface area contributed by atoms with E-state index in [0.29, 0.717) is 29.2 Å². The van der Waals surface area contributed by atoms with Crippen LogP contribution in [0.1, 0.15) is 18.3 Å². The number of anilines is 1. The third-order valence-corrected chi connectivity index (χ3v) is 3.16. The fourth-order valence-electron chi connectivity index (χ4n) is 2.07. The first kappa shape index (κ1) is 13.3. The van der Waals surface area contributed by atoms with Crippen molar-refractivity contribution < 1.29 is 4.39 Å². The molecule has 0 fully saturated rings. The van der Waals surface area contributed by atoms with E-state index in [2.05, 4.69) is 11.6 Å². The maximum Gasteiger partial charge on any atom is 0.132 e. The van der Waals surface area contributed by atoms with Gasteiger partial charge in [-0.3, -0.25) is 0 Å². The highest BCUT2D eigenvalue weighted by Crippen LogP contribution is 2.28. The van der Waals surface area contributed by atoms with Crippen LogP contribution in [0.4, 0.5) is 10.2 Å². The van der Waals surface area contributed by atoms with Crippen molar-refractivity contribution in [2.24, 2.45) is 0 Å². The van der Waals surface area contributed by atoms with Crippen LogP contribution in [0.5, 0.6) is 0 Å². The van der Waals surface area contributed by atoms with Crippen molar-refractivity contribution in [1.82, 2.24) is 9.55 Å². The van der Waals surface area contributed by atoms with E-state index in [1.54, 1.807) is 19.1 Å². The molecule has 3 nitrogen and oxygen atoms in total. The molecule has 100 valence electrons. The number of aryl methyl sites for hydroxylation is 2. The fourth-order valence-corrected chi connectivity index (χ4v) is 2.07. The first-order valence-electron chi connectivity index (χ1n) is 6.30. The Morgan fingerprint density at radius 3 is 2.79 bits per heavy atom. The van der Waals surface area contributed by atoms with Crippen LogP contribution < -0.4 is 5.73 Å². The minimum atomic E-state index is -0.242. The Morgan fingerprint density at radius 2 is 2.21 bits per heavy atom. The SMILES string of the molecule is C=CCn1c(CC)nc(-c2ccc(C)c(F)c2)c1N. The maximum atomic E-state index is 13.6. The van der Waals surface area contributed by atoms with Gasteiger partial charge in [0.1, 0.15) is 23.2 Å². The molecule has 1 aromatic heterocycles. The third kappa shape index (κ3) is 2.38. The summed E-state index contributed by atoms with van der Waals surface area (Å²) in [6.45, 7) is 8.07. The van der Waals surface area contributed by atoms with Gasteiger partial charge in [-0.05, 0) is 18.6 Å². The Hall–Kier alpha value is -2.10. The summed E-state index contributed by atoms with van der Waals surface area (Å²) in [6, 6.07) is 5.06. The van der Waals surface area contributed by atoms with Gasteiger partial charge < -0.3 is 10.3 Å². The van der Waals surface area contributed by atoms with E-state index in [1.165, 1.54) is 6.07 Å². The van der Waals surface area contributed by atoms with Crippen molar-refractivity contribution in [3.8, 4) is 11.3 Å². The van der Waals surface area contributed by atoms with Crippen molar-refractivity contribution in [1.29, 1.82) is 0 Å². The Morgan fingerprint density at radius 1 is 1.47 bits per heavy atom. The van der Waals surface area contributed by atoms with Crippen LogP contribution in [-0.4, -0.2) is 9.55 Å². The van der Waals surface area contributed by atoms with E-state index >= 15 is 0 Å². The molecule has 2 aromatic rings. The minimum Gasteiger partial charge on any atom is -0.383 e. The van der Waals surface area contributed by atoms with Crippen molar-refractivity contribution in [2.75, 3.05) is 5.73 Å². The molecule has 1 aromatic carbocycles. The van der Waals surface area contributed by atoms with Gasteiger partial charge in [0.25, 0.3) is 0 Å². The molecule has 0 aliphatic heterocycles. The molecule has 0 radical (unpaired) electrons. The highest BCUT2D eigenvalue weighted by atomic mass is 19.1. The predicted octanol–water partition coefficient (Wildman–Crippen LogP) is 3.33. The van der Waals surface area contributed by atoms with Crippen molar-refractivity contribution in [3.05, 3.63) is 48.1 Å². The van der Waals surface area contributed by atoms with Crippen LogP contribution in [0, 0.1) is 12.7 Å². The molecule has 0 saturated carbocycles. The van der Waals surface area contributed by atoms with Crippen molar-refractivity contribution >= 4 is 5.82 Å². The molecule has 0 spiro atoms. The van der Waals surface area contributed by atoms with E-state index in [1.807, 2.05) is 17.6 Å². The number of nitrogens with zero attached hydrogens (tertiary/aromatic N) is 2. The van der Waals surface area contributed by atoms with E-state index < -0.39 is 0 Å². The number of nitrogen functional groups attached to an aromatic ring is 1. The van der Waals surface area contributed by atoms with Gasteiger partial charge in [0.2, 0.25) is 0 Å². The second-order valence-corrected chi connectivity index (χ2v) is 4.48. The van der Waals surface area contributed by atoms with E-state index in [0.717, 1.165) is 12.2 Å². The first-order chi connectivity index (χ1) is 9.08. The number of benzene rings is 1. The fraction of sp³-hybridized carbons (Fsp3) is 0.267. The first-order valence-corrected chi connectivity index (χ1v) is 6.30. The molecule has 4 heteroatoms. The van der Waals surface area contributed by atoms with Gasteiger partial charge in [-0.25, -0.2) is 9.37 Å². The molecule has 0 atom stereocenters. The quantitative estimate of drug-likeness (QED) is 0.856. The lowest BCUT2D eigenvalue weighted by atomic mass is 10.1. The normalized spacial score (nSPS) is 10.7. The number of halogens is 1. The average Bonchev–Trinajstić information content (AvgIpc) is 2.71. The molecule has 0 saturated heterocycles. The summed E-state index contributed by atoms with van der Waals surface area (Å²) < 4.78 is 15.5. The largest absolute Gasteiger partial charge is 0.383 e. The monoisotopic (exact) mass is 259 g/mol. The summed E-state index contributed by atoms with van der Waals surface area (Å²) >= 11 is 0. The van der Waals surface area contributed by atoms with Crippen LogP contribution in [-0.2, 0) is 13.0 Å². The van der Waals surface area contributed by atoms with Gasteiger partial charge in [0, 0.05) is 18.5 Å². The lowest BCUT2D eigenvalue weighted by Gasteiger charge is -2.05. The second kappa shape index (κ2) is 5.26. The van der Waals surface area contributed by atoms with Gasteiger partial charge in [-0.15, -0.1) is 6.58 Å². The van der Waals surface area contributed by atoms with Crippen molar-refractivity contribution in [3.63, 3.8) is 0 Å². The Kier molecular flexibility index (Phi) is 3.69. The summed E-state index contributed by atoms with van der Waals surface area (Å²) in [7, 11) is 0. The number of imidazole rings is 1. The molecular weight excluding hydrogens is 241 g/mol. The zero-order valence-corrected chi connectivity index (χ0v) is 11.3. The van der Waals surface area contributed by atoms with Gasteiger partial charge >= 0.3 is 0 Å². The number of allylic oxidation sites excluding steroid dienone is 1. The van der Waals surface area contributed by atoms with Crippen molar-refractivity contribution in [2.45, 2.75) is 26.8 Å². The van der Waals surface area contributed by atoms with Gasteiger partial charge in [0.15, 0.2) is 0 Å². The van der Waals surface area contributed by atoms with Crippen LogP contribution in [0.2, 0.25) is 0 Å². The Labute approximate surface area is 112 Å². The average molecular weight is 259 g/mol. The lowest BCUT2D eigenvalue weighted by Crippen LogP contribution is -2.05. The predicted molar refractivity (Wildman–Crippen MR) is 76.3 cm³/mol. The summed E-state index contributed by atoms with van der Waals surface area (Å²) in [5.41, 5.74) is 8.07. The number of nitrogens with two attached hydrogens (primary N) is 1. The molecule has 0 bridgehead atoms. The van der Waals surface area contributed by atoms with Crippen LogP contribution in [0.15, 0.2) is 30.9 Å². The number of hydrogen-bond donors (Lipinski definition) is 1. The molecule has 19 heavy (non-hydrogen) atoms. The lowest BCUT2D eigenvalue weighted by molar-refractivity contribution is 0.619. The minimum absolute atomic E-state index is 0.242.